The molecular weight excluding hydrogens is 359 g/mol. The van der Waals surface area contributed by atoms with Gasteiger partial charge in [-0.1, -0.05) is 53.0 Å². The third-order valence-electron chi connectivity index (χ3n) is 2.95. The number of carbonyl (C=O) groups excluding carboxylic acids is 2. The van der Waals surface area contributed by atoms with E-state index < -0.39 is 5.91 Å². The molecule has 0 spiro atoms. The first kappa shape index (κ1) is 17.6. The fourth-order valence-electron chi connectivity index (χ4n) is 1.83. The Balaban J connectivity index is 1.84. The second-order valence-electron chi connectivity index (χ2n) is 4.72. The van der Waals surface area contributed by atoms with Crippen LogP contribution in [-0.2, 0) is 16.0 Å². The van der Waals surface area contributed by atoms with Crippen LogP contribution in [0.3, 0.4) is 0 Å². The Bertz CT molecular complexity index is 698. The number of nitrogens with one attached hydrogen (secondary N) is 2. The van der Waals surface area contributed by atoms with Crippen LogP contribution in [0.25, 0.3) is 0 Å². The standard InChI is InChI=1S/C16H13Cl3N2O2/c17-11-6-4-10(5-7-11)8-14(22)20-9-15(23)21-16-12(18)2-1-3-13(16)19/h1-7H,8-9H2,(H,20,22)(H,21,23). The Morgan fingerprint density at radius 2 is 1.48 bits per heavy atom. The average molecular weight is 372 g/mol. The molecule has 0 saturated carbocycles. The van der Waals surface area contributed by atoms with Gasteiger partial charge in [-0.25, -0.2) is 0 Å². The van der Waals surface area contributed by atoms with Crippen molar-refractivity contribution in [3.8, 4) is 0 Å². The summed E-state index contributed by atoms with van der Waals surface area (Å²) < 4.78 is 0. The van der Waals surface area contributed by atoms with Crippen LogP contribution < -0.4 is 10.6 Å². The fraction of sp³-hybridized carbons (Fsp3) is 0.125. The molecule has 2 aromatic rings. The number of anilines is 1. The lowest BCUT2D eigenvalue weighted by Gasteiger charge is -2.10. The van der Waals surface area contributed by atoms with Crippen LogP contribution in [0, 0.1) is 0 Å². The van der Waals surface area contributed by atoms with Gasteiger partial charge in [-0.05, 0) is 29.8 Å². The summed E-state index contributed by atoms with van der Waals surface area (Å²) in [6.07, 6.45) is 0.164. The van der Waals surface area contributed by atoms with Crippen LogP contribution in [0.1, 0.15) is 5.56 Å². The third-order valence-corrected chi connectivity index (χ3v) is 3.83. The predicted octanol–water partition coefficient (Wildman–Crippen LogP) is 3.94. The topological polar surface area (TPSA) is 58.2 Å². The van der Waals surface area contributed by atoms with Crippen LogP contribution in [0.15, 0.2) is 42.5 Å². The van der Waals surface area contributed by atoms with E-state index in [0.29, 0.717) is 20.8 Å². The molecule has 23 heavy (non-hydrogen) atoms. The summed E-state index contributed by atoms with van der Waals surface area (Å²) in [7, 11) is 0. The van der Waals surface area contributed by atoms with Gasteiger partial charge < -0.3 is 10.6 Å². The molecule has 2 aromatic carbocycles. The number of rotatable bonds is 5. The zero-order valence-electron chi connectivity index (χ0n) is 11.9. The Labute approximate surface area is 148 Å². The van der Waals surface area contributed by atoms with Crippen molar-refractivity contribution in [2.45, 2.75) is 6.42 Å². The quantitative estimate of drug-likeness (QED) is 0.836. The summed E-state index contributed by atoms with van der Waals surface area (Å²) >= 11 is 17.7. The minimum Gasteiger partial charge on any atom is -0.347 e. The van der Waals surface area contributed by atoms with Crippen molar-refractivity contribution in [1.29, 1.82) is 0 Å². The van der Waals surface area contributed by atoms with Crippen molar-refractivity contribution in [3.05, 3.63) is 63.1 Å². The molecule has 0 saturated heterocycles. The Morgan fingerprint density at radius 1 is 0.870 bits per heavy atom. The van der Waals surface area contributed by atoms with Crippen LogP contribution in [0.5, 0.6) is 0 Å². The van der Waals surface area contributed by atoms with E-state index in [-0.39, 0.29) is 18.9 Å². The highest BCUT2D eigenvalue weighted by Crippen LogP contribution is 2.29. The highest BCUT2D eigenvalue weighted by atomic mass is 35.5. The molecule has 0 heterocycles. The van der Waals surface area contributed by atoms with Crippen molar-refractivity contribution in [2.75, 3.05) is 11.9 Å². The van der Waals surface area contributed by atoms with Gasteiger partial charge in [0.1, 0.15) is 0 Å². The first-order valence-corrected chi connectivity index (χ1v) is 7.84. The van der Waals surface area contributed by atoms with Crippen LogP contribution >= 0.6 is 34.8 Å². The van der Waals surface area contributed by atoms with E-state index in [1.165, 1.54) is 0 Å². The molecule has 0 aromatic heterocycles. The van der Waals surface area contributed by atoms with Gasteiger partial charge in [0.2, 0.25) is 11.8 Å². The van der Waals surface area contributed by atoms with E-state index in [2.05, 4.69) is 10.6 Å². The second kappa shape index (κ2) is 8.20. The predicted molar refractivity (Wildman–Crippen MR) is 93.3 cm³/mol. The van der Waals surface area contributed by atoms with Gasteiger partial charge >= 0.3 is 0 Å². The monoisotopic (exact) mass is 370 g/mol. The molecule has 0 aliphatic heterocycles. The van der Waals surface area contributed by atoms with Gasteiger partial charge in [-0.15, -0.1) is 0 Å². The molecule has 2 rings (SSSR count). The molecule has 4 nitrogen and oxygen atoms in total. The van der Waals surface area contributed by atoms with E-state index >= 15 is 0 Å². The summed E-state index contributed by atoms with van der Waals surface area (Å²) in [5.41, 5.74) is 1.13. The van der Waals surface area contributed by atoms with Gasteiger partial charge in [-0.3, -0.25) is 9.59 Å². The molecule has 2 amide bonds. The summed E-state index contributed by atoms with van der Waals surface area (Å²) in [6, 6.07) is 11.8. The lowest BCUT2D eigenvalue weighted by atomic mass is 10.1. The largest absolute Gasteiger partial charge is 0.347 e. The van der Waals surface area contributed by atoms with Crippen molar-refractivity contribution >= 4 is 52.3 Å². The van der Waals surface area contributed by atoms with Crippen molar-refractivity contribution < 1.29 is 9.59 Å². The second-order valence-corrected chi connectivity index (χ2v) is 5.98. The molecule has 7 heteroatoms. The first-order valence-electron chi connectivity index (χ1n) is 6.70. The van der Waals surface area contributed by atoms with Gasteiger partial charge in [0.15, 0.2) is 0 Å². The molecule has 0 aliphatic rings. The maximum absolute atomic E-state index is 11.9. The molecule has 2 N–H and O–H groups in total. The fourth-order valence-corrected chi connectivity index (χ4v) is 2.45. The van der Waals surface area contributed by atoms with Gasteiger partial charge in [0, 0.05) is 5.02 Å². The Hall–Kier alpha value is -1.75. The van der Waals surface area contributed by atoms with Crippen molar-refractivity contribution in [3.63, 3.8) is 0 Å². The van der Waals surface area contributed by atoms with Crippen LogP contribution in [-0.4, -0.2) is 18.4 Å². The lowest BCUT2D eigenvalue weighted by Crippen LogP contribution is -2.33. The van der Waals surface area contributed by atoms with E-state index in [0.717, 1.165) is 5.56 Å². The van der Waals surface area contributed by atoms with Crippen molar-refractivity contribution in [2.24, 2.45) is 0 Å². The molecule has 0 radical (unpaired) electrons. The average Bonchev–Trinajstić information content (AvgIpc) is 2.51. The number of hydrogen-bond acceptors (Lipinski definition) is 2. The summed E-state index contributed by atoms with van der Waals surface area (Å²) in [5.74, 6) is -0.683. The molecule has 0 bridgehead atoms. The number of amides is 2. The molecule has 0 fully saturated rings. The molecule has 0 unspecified atom stereocenters. The van der Waals surface area contributed by atoms with Crippen LogP contribution in [0.2, 0.25) is 15.1 Å². The van der Waals surface area contributed by atoms with E-state index in [1.807, 2.05) is 0 Å². The third kappa shape index (κ3) is 5.43. The lowest BCUT2D eigenvalue weighted by molar-refractivity contribution is -0.123. The van der Waals surface area contributed by atoms with E-state index in [9.17, 15) is 9.59 Å². The smallest absolute Gasteiger partial charge is 0.243 e. The summed E-state index contributed by atoms with van der Waals surface area (Å²) in [5, 5.41) is 6.37. The molecule has 120 valence electrons. The van der Waals surface area contributed by atoms with E-state index in [4.69, 9.17) is 34.8 Å². The Kier molecular flexibility index (Phi) is 6.28. The molecular formula is C16H13Cl3N2O2. The molecule has 0 atom stereocenters. The maximum Gasteiger partial charge on any atom is 0.243 e. The number of benzene rings is 2. The zero-order valence-corrected chi connectivity index (χ0v) is 14.2. The number of halogens is 3. The first-order chi connectivity index (χ1) is 11.0. The van der Waals surface area contributed by atoms with E-state index in [1.54, 1.807) is 42.5 Å². The van der Waals surface area contributed by atoms with Crippen LogP contribution in [0.4, 0.5) is 5.69 Å². The normalized spacial score (nSPS) is 10.2. The Morgan fingerprint density at radius 3 is 2.09 bits per heavy atom. The number of hydrogen-bond donors (Lipinski definition) is 2. The number of carbonyl (C=O) groups is 2. The van der Waals surface area contributed by atoms with Gasteiger partial charge in [0.05, 0.1) is 28.7 Å². The van der Waals surface area contributed by atoms with Crippen molar-refractivity contribution in [1.82, 2.24) is 5.32 Å². The highest BCUT2D eigenvalue weighted by molar-refractivity contribution is 6.39. The number of para-hydroxylation sites is 1. The highest BCUT2D eigenvalue weighted by Gasteiger charge is 2.11. The summed E-state index contributed by atoms with van der Waals surface area (Å²) in [6.45, 7) is -0.173. The molecule has 0 aliphatic carbocycles. The van der Waals surface area contributed by atoms with Gasteiger partial charge in [-0.2, -0.15) is 0 Å². The summed E-state index contributed by atoms with van der Waals surface area (Å²) in [4.78, 5) is 23.7. The zero-order chi connectivity index (χ0) is 16.8. The maximum atomic E-state index is 11.9. The SMILES string of the molecule is O=C(Cc1ccc(Cl)cc1)NCC(=O)Nc1c(Cl)cccc1Cl. The minimum absolute atomic E-state index is 0.164. The minimum atomic E-state index is -0.413. The van der Waals surface area contributed by atoms with Gasteiger partial charge in [0.25, 0.3) is 0 Å².